The minimum absolute atomic E-state index is 0.461. The van der Waals surface area contributed by atoms with Gasteiger partial charge in [-0.3, -0.25) is 0 Å². The van der Waals surface area contributed by atoms with Crippen molar-refractivity contribution >= 4 is 16.5 Å². The van der Waals surface area contributed by atoms with Gasteiger partial charge in [0.05, 0.1) is 0 Å². The van der Waals surface area contributed by atoms with Gasteiger partial charge in [0, 0.05) is 6.04 Å². The minimum atomic E-state index is 0.461. The van der Waals surface area contributed by atoms with Gasteiger partial charge in [-0.1, -0.05) is 39.0 Å². The third kappa shape index (κ3) is 3.44. The summed E-state index contributed by atoms with van der Waals surface area (Å²) >= 11 is 1.70. The van der Waals surface area contributed by atoms with Crippen LogP contribution in [0.4, 0.5) is 5.13 Å². The molecule has 1 aliphatic carbocycles. The lowest BCUT2D eigenvalue weighted by Gasteiger charge is -2.37. The second-order valence-electron chi connectivity index (χ2n) is 6.41. The average Bonchev–Trinajstić information content (AvgIpc) is 2.76. The maximum absolute atomic E-state index is 4.21. The number of aryl methyl sites for hydroxylation is 1. The molecule has 0 amide bonds. The molecule has 0 spiro atoms. The molecule has 0 atom stereocenters. The van der Waals surface area contributed by atoms with E-state index in [1.807, 2.05) is 0 Å². The van der Waals surface area contributed by atoms with E-state index in [1.165, 1.54) is 25.7 Å². The van der Waals surface area contributed by atoms with Crippen molar-refractivity contribution in [3.8, 4) is 0 Å². The first kappa shape index (κ1) is 13.8. The number of hydrogen-bond acceptors (Lipinski definition) is 4. The first-order valence-corrected chi connectivity index (χ1v) is 7.89. The Kier molecular flexibility index (Phi) is 4.25. The van der Waals surface area contributed by atoms with E-state index in [2.05, 4.69) is 43.2 Å². The molecular formula is C14H25N3S. The average molecular weight is 267 g/mol. The molecule has 0 radical (unpaired) electrons. The zero-order valence-electron chi connectivity index (χ0n) is 12.0. The third-order valence-corrected chi connectivity index (χ3v) is 5.05. The van der Waals surface area contributed by atoms with Crippen molar-refractivity contribution in [2.75, 3.05) is 5.32 Å². The quantitative estimate of drug-likeness (QED) is 0.895. The van der Waals surface area contributed by atoms with Crippen LogP contribution in [-0.4, -0.2) is 16.2 Å². The Balaban J connectivity index is 1.83. The van der Waals surface area contributed by atoms with Crippen molar-refractivity contribution in [2.45, 2.75) is 65.8 Å². The normalized spacial score (nSPS) is 25.1. The predicted molar refractivity (Wildman–Crippen MR) is 78.1 cm³/mol. The van der Waals surface area contributed by atoms with Gasteiger partial charge >= 0.3 is 0 Å². The lowest BCUT2D eigenvalue weighted by molar-refractivity contribution is 0.173. The molecule has 0 unspecified atom stereocenters. The third-order valence-electron chi connectivity index (χ3n) is 4.05. The Labute approximate surface area is 114 Å². The Hall–Kier alpha value is -0.640. The van der Waals surface area contributed by atoms with Crippen LogP contribution in [0.25, 0.3) is 0 Å². The predicted octanol–water partition coefficient (Wildman–Crippen LogP) is 4.12. The zero-order chi connectivity index (χ0) is 13.2. The first-order chi connectivity index (χ1) is 8.49. The van der Waals surface area contributed by atoms with E-state index in [0.29, 0.717) is 11.5 Å². The molecule has 102 valence electrons. The molecule has 0 aromatic carbocycles. The molecule has 1 aromatic heterocycles. The van der Waals surface area contributed by atoms with Gasteiger partial charge in [-0.25, -0.2) is 0 Å². The fourth-order valence-corrected chi connectivity index (χ4v) is 3.49. The molecule has 4 heteroatoms. The van der Waals surface area contributed by atoms with Gasteiger partial charge in [0.1, 0.15) is 5.01 Å². The summed E-state index contributed by atoms with van der Waals surface area (Å²) in [7, 11) is 0. The van der Waals surface area contributed by atoms with Crippen molar-refractivity contribution in [1.82, 2.24) is 10.2 Å². The van der Waals surface area contributed by atoms with Crippen LogP contribution >= 0.6 is 11.3 Å². The Morgan fingerprint density at radius 1 is 1.17 bits per heavy atom. The van der Waals surface area contributed by atoms with Crippen LogP contribution in [-0.2, 0) is 6.42 Å². The molecule has 1 N–H and O–H groups in total. The summed E-state index contributed by atoms with van der Waals surface area (Å²) in [5, 5.41) is 14.1. The Bertz CT molecular complexity index is 373. The number of aromatic nitrogens is 2. The smallest absolute Gasteiger partial charge is 0.205 e. The zero-order valence-corrected chi connectivity index (χ0v) is 12.8. The summed E-state index contributed by atoms with van der Waals surface area (Å²) in [4.78, 5) is 0. The van der Waals surface area contributed by atoms with Crippen molar-refractivity contribution in [2.24, 2.45) is 11.3 Å². The minimum Gasteiger partial charge on any atom is -0.357 e. The van der Waals surface area contributed by atoms with Gasteiger partial charge in [0.15, 0.2) is 0 Å². The lowest BCUT2D eigenvalue weighted by Crippen LogP contribution is -2.31. The number of rotatable bonds is 3. The van der Waals surface area contributed by atoms with Crippen LogP contribution in [0, 0.1) is 11.3 Å². The molecule has 1 aromatic rings. The molecule has 2 rings (SSSR count). The van der Waals surface area contributed by atoms with E-state index in [0.717, 1.165) is 22.5 Å². The molecule has 3 nitrogen and oxygen atoms in total. The van der Waals surface area contributed by atoms with E-state index in [9.17, 15) is 0 Å². The highest BCUT2D eigenvalue weighted by Gasteiger charge is 2.29. The van der Waals surface area contributed by atoms with Gasteiger partial charge < -0.3 is 5.32 Å². The Morgan fingerprint density at radius 2 is 1.83 bits per heavy atom. The van der Waals surface area contributed by atoms with Crippen molar-refractivity contribution in [3.05, 3.63) is 5.01 Å². The molecule has 18 heavy (non-hydrogen) atoms. The van der Waals surface area contributed by atoms with Gasteiger partial charge in [-0.15, -0.1) is 10.2 Å². The van der Waals surface area contributed by atoms with E-state index in [4.69, 9.17) is 0 Å². The van der Waals surface area contributed by atoms with E-state index in [-0.39, 0.29) is 0 Å². The standard InChI is InChI=1S/C14H25N3S/c1-5-12-16-17-13(18-12)15-11-8-6-10(7-9-11)14(2,3)4/h10-11H,5-9H2,1-4H3,(H,15,17). The highest BCUT2D eigenvalue weighted by Crippen LogP contribution is 2.38. The molecule has 1 heterocycles. The van der Waals surface area contributed by atoms with Crippen LogP contribution in [0.3, 0.4) is 0 Å². The van der Waals surface area contributed by atoms with Gasteiger partial charge in [0.2, 0.25) is 5.13 Å². The highest BCUT2D eigenvalue weighted by atomic mass is 32.1. The monoisotopic (exact) mass is 267 g/mol. The van der Waals surface area contributed by atoms with Crippen LogP contribution in [0.5, 0.6) is 0 Å². The van der Waals surface area contributed by atoms with Crippen LogP contribution in [0.1, 0.15) is 58.4 Å². The van der Waals surface area contributed by atoms with E-state index in [1.54, 1.807) is 11.3 Å². The largest absolute Gasteiger partial charge is 0.357 e. The second kappa shape index (κ2) is 5.55. The van der Waals surface area contributed by atoms with Crippen molar-refractivity contribution < 1.29 is 0 Å². The molecule has 1 aliphatic rings. The summed E-state index contributed by atoms with van der Waals surface area (Å²) in [6.07, 6.45) is 6.18. The molecule has 1 saturated carbocycles. The van der Waals surface area contributed by atoms with Crippen LogP contribution in [0.15, 0.2) is 0 Å². The van der Waals surface area contributed by atoms with E-state index >= 15 is 0 Å². The summed E-state index contributed by atoms with van der Waals surface area (Å²) in [6, 6.07) is 0.598. The van der Waals surface area contributed by atoms with E-state index < -0.39 is 0 Å². The molecule has 1 fully saturated rings. The lowest BCUT2D eigenvalue weighted by atomic mass is 9.71. The number of hydrogen-bond donors (Lipinski definition) is 1. The number of nitrogens with one attached hydrogen (secondary N) is 1. The van der Waals surface area contributed by atoms with Crippen molar-refractivity contribution in [3.63, 3.8) is 0 Å². The highest BCUT2D eigenvalue weighted by molar-refractivity contribution is 7.15. The van der Waals surface area contributed by atoms with Gasteiger partial charge in [0.25, 0.3) is 0 Å². The fourth-order valence-electron chi connectivity index (χ4n) is 2.73. The molecular weight excluding hydrogens is 242 g/mol. The summed E-state index contributed by atoms with van der Waals surface area (Å²) in [5.41, 5.74) is 0.461. The summed E-state index contributed by atoms with van der Waals surface area (Å²) in [5.74, 6) is 0.871. The topological polar surface area (TPSA) is 37.8 Å². The molecule has 0 saturated heterocycles. The maximum Gasteiger partial charge on any atom is 0.205 e. The summed E-state index contributed by atoms with van der Waals surface area (Å²) < 4.78 is 0. The second-order valence-corrected chi connectivity index (χ2v) is 7.48. The SMILES string of the molecule is CCc1nnc(NC2CCC(C(C)(C)C)CC2)s1. The van der Waals surface area contributed by atoms with Gasteiger partial charge in [-0.05, 0) is 43.4 Å². The molecule has 0 bridgehead atoms. The maximum atomic E-state index is 4.21. The number of nitrogens with zero attached hydrogens (tertiary/aromatic N) is 2. The van der Waals surface area contributed by atoms with Crippen LogP contribution < -0.4 is 5.32 Å². The number of anilines is 1. The van der Waals surface area contributed by atoms with Gasteiger partial charge in [-0.2, -0.15) is 0 Å². The Morgan fingerprint density at radius 3 is 2.33 bits per heavy atom. The summed E-state index contributed by atoms with van der Waals surface area (Å²) in [6.45, 7) is 9.22. The fraction of sp³-hybridized carbons (Fsp3) is 0.857. The molecule has 0 aliphatic heterocycles. The van der Waals surface area contributed by atoms with Crippen LogP contribution in [0.2, 0.25) is 0 Å². The first-order valence-electron chi connectivity index (χ1n) is 7.08. The van der Waals surface area contributed by atoms with Crippen molar-refractivity contribution in [1.29, 1.82) is 0 Å².